The van der Waals surface area contributed by atoms with Gasteiger partial charge in [-0.2, -0.15) is 0 Å². The highest BCUT2D eigenvalue weighted by Gasteiger charge is 2.31. The predicted molar refractivity (Wildman–Crippen MR) is 94.9 cm³/mol. The molecule has 0 aliphatic heterocycles. The van der Waals surface area contributed by atoms with Gasteiger partial charge in [-0.05, 0) is 30.3 Å². The van der Waals surface area contributed by atoms with Crippen LogP contribution >= 0.6 is 0 Å². The largest absolute Gasteiger partial charge is 0.573 e. The van der Waals surface area contributed by atoms with Crippen molar-refractivity contribution in [2.24, 2.45) is 12.8 Å². The number of rotatable bonds is 5. The maximum absolute atomic E-state index is 12.2. The molecule has 1 unspecified atom stereocenters. The summed E-state index contributed by atoms with van der Waals surface area (Å²) in [7, 11) is 1.67. The molecule has 1 atom stereocenters. The summed E-state index contributed by atoms with van der Waals surface area (Å²) in [4.78, 5) is 8.31. The zero-order valence-electron chi connectivity index (χ0n) is 14.4. The molecule has 3 aromatic rings. The number of nitrogens with two attached hydrogens (primary N) is 1. The molecule has 12 heteroatoms. The van der Waals surface area contributed by atoms with Gasteiger partial charge in [0.1, 0.15) is 23.5 Å². The number of aryl methyl sites for hydroxylation is 1. The van der Waals surface area contributed by atoms with Crippen LogP contribution in [-0.4, -0.2) is 32.0 Å². The summed E-state index contributed by atoms with van der Waals surface area (Å²) < 4.78 is 42.2. The van der Waals surface area contributed by atoms with Crippen LogP contribution in [0.25, 0.3) is 11.0 Å². The molecule has 3 rings (SSSR count). The quantitative estimate of drug-likeness (QED) is 0.254. The van der Waals surface area contributed by atoms with Crippen LogP contribution in [0.1, 0.15) is 11.9 Å². The lowest BCUT2D eigenvalue weighted by atomic mass is 10.2. The van der Waals surface area contributed by atoms with Gasteiger partial charge in [0.25, 0.3) is 0 Å². The van der Waals surface area contributed by atoms with Crippen molar-refractivity contribution in [1.82, 2.24) is 19.9 Å². The SMILES string of the molecule is Cn1c(C(O)NC(=N)N)cc2c(Nc3ccc(OC(F)(F)F)cc3)ncnc21. The van der Waals surface area contributed by atoms with Gasteiger partial charge in [0.15, 0.2) is 12.2 Å². The molecule has 28 heavy (non-hydrogen) atoms. The normalized spacial score (nSPS) is 12.6. The van der Waals surface area contributed by atoms with Gasteiger partial charge in [0.2, 0.25) is 0 Å². The van der Waals surface area contributed by atoms with E-state index in [0.29, 0.717) is 28.2 Å². The van der Waals surface area contributed by atoms with Crippen LogP contribution in [0.3, 0.4) is 0 Å². The number of aliphatic hydroxyl groups is 1. The van der Waals surface area contributed by atoms with Gasteiger partial charge in [0, 0.05) is 12.7 Å². The van der Waals surface area contributed by atoms with Gasteiger partial charge in [-0.3, -0.25) is 5.41 Å². The molecular formula is C16H16F3N7O2. The second kappa shape index (κ2) is 7.23. The molecule has 6 N–H and O–H groups in total. The first-order valence-corrected chi connectivity index (χ1v) is 7.86. The fourth-order valence-electron chi connectivity index (χ4n) is 2.61. The number of guanidine groups is 1. The molecule has 9 nitrogen and oxygen atoms in total. The maximum Gasteiger partial charge on any atom is 0.573 e. The third kappa shape index (κ3) is 4.23. The Balaban J connectivity index is 1.88. The van der Waals surface area contributed by atoms with E-state index < -0.39 is 18.5 Å². The summed E-state index contributed by atoms with van der Waals surface area (Å²) >= 11 is 0. The van der Waals surface area contributed by atoms with E-state index in [4.69, 9.17) is 11.1 Å². The summed E-state index contributed by atoms with van der Waals surface area (Å²) in [6, 6.07) is 6.77. The summed E-state index contributed by atoms with van der Waals surface area (Å²) in [5, 5.41) is 23.3. The van der Waals surface area contributed by atoms with E-state index in [9.17, 15) is 18.3 Å². The van der Waals surface area contributed by atoms with E-state index >= 15 is 0 Å². The first-order valence-electron chi connectivity index (χ1n) is 7.86. The molecule has 148 valence electrons. The number of fused-ring (bicyclic) bond motifs is 1. The number of alkyl halides is 3. The molecule has 2 heterocycles. The fraction of sp³-hybridized carbons (Fsp3) is 0.188. The smallest absolute Gasteiger partial charge is 0.406 e. The van der Waals surface area contributed by atoms with Crippen molar-refractivity contribution in [3.05, 3.63) is 42.4 Å². The van der Waals surface area contributed by atoms with Crippen molar-refractivity contribution < 1.29 is 23.0 Å². The Kier molecular flexibility index (Phi) is 4.96. The number of nitrogens with one attached hydrogen (secondary N) is 3. The lowest BCUT2D eigenvalue weighted by molar-refractivity contribution is -0.274. The molecule has 0 saturated heterocycles. The van der Waals surface area contributed by atoms with E-state index in [1.165, 1.54) is 30.6 Å². The van der Waals surface area contributed by atoms with Crippen molar-refractivity contribution in [3.8, 4) is 5.75 Å². The number of anilines is 2. The zero-order chi connectivity index (χ0) is 20.5. The summed E-state index contributed by atoms with van der Waals surface area (Å²) in [6.07, 6.45) is -4.69. The number of benzene rings is 1. The number of halogens is 3. The van der Waals surface area contributed by atoms with E-state index in [1.807, 2.05) is 0 Å². The van der Waals surface area contributed by atoms with Gasteiger partial charge >= 0.3 is 6.36 Å². The first kappa shape index (κ1) is 19.2. The van der Waals surface area contributed by atoms with Crippen LogP contribution in [0, 0.1) is 5.41 Å². The summed E-state index contributed by atoms with van der Waals surface area (Å²) in [5.74, 6) is -0.360. The number of nitrogens with zero attached hydrogens (tertiary/aromatic N) is 3. The summed E-state index contributed by atoms with van der Waals surface area (Å²) in [5.41, 5.74) is 6.60. The molecular weight excluding hydrogens is 379 g/mol. The Labute approximate surface area is 156 Å². The lowest BCUT2D eigenvalue weighted by Crippen LogP contribution is -2.34. The third-order valence-corrected chi connectivity index (χ3v) is 3.78. The molecule has 0 aliphatic rings. The number of aromatic nitrogens is 3. The minimum atomic E-state index is -4.76. The van der Waals surface area contributed by atoms with Gasteiger partial charge in [-0.15, -0.1) is 13.2 Å². The highest BCUT2D eigenvalue weighted by atomic mass is 19.4. The minimum absolute atomic E-state index is 0.341. The van der Waals surface area contributed by atoms with E-state index in [2.05, 4.69) is 25.3 Å². The Morgan fingerprint density at radius 2 is 1.96 bits per heavy atom. The Hall–Kier alpha value is -3.54. The number of hydrogen-bond donors (Lipinski definition) is 5. The summed E-state index contributed by atoms with van der Waals surface area (Å²) in [6.45, 7) is 0. The molecule has 0 spiro atoms. The Morgan fingerprint density at radius 3 is 2.57 bits per heavy atom. The van der Waals surface area contributed by atoms with Gasteiger partial charge in [-0.1, -0.05) is 0 Å². The average molecular weight is 395 g/mol. The number of aliphatic hydroxyl groups excluding tert-OH is 1. The van der Waals surface area contributed by atoms with Crippen LogP contribution < -0.4 is 21.1 Å². The van der Waals surface area contributed by atoms with Crippen molar-refractivity contribution in [3.63, 3.8) is 0 Å². The highest BCUT2D eigenvalue weighted by molar-refractivity contribution is 5.90. The average Bonchev–Trinajstić information content (AvgIpc) is 2.93. The maximum atomic E-state index is 12.2. The van der Waals surface area contributed by atoms with Crippen molar-refractivity contribution >= 4 is 28.5 Å². The molecule has 0 amide bonds. The van der Waals surface area contributed by atoms with E-state index in [1.54, 1.807) is 17.7 Å². The van der Waals surface area contributed by atoms with Crippen LogP contribution in [-0.2, 0) is 7.05 Å². The van der Waals surface area contributed by atoms with Crippen molar-refractivity contribution in [1.29, 1.82) is 5.41 Å². The topological polar surface area (TPSA) is 134 Å². The molecule has 0 saturated carbocycles. The molecule has 0 bridgehead atoms. The van der Waals surface area contributed by atoms with Gasteiger partial charge in [0.05, 0.1) is 11.1 Å². The minimum Gasteiger partial charge on any atom is -0.406 e. The standard InChI is InChI=1S/C16H16F3N7O2/c1-26-11(14(27)25-15(20)21)6-10-12(22-7-23-13(10)26)24-8-2-4-9(5-3-8)28-16(17,18)19/h2-7,14,27H,1H3,(H4,20,21,25)(H,22,23,24). The molecule has 2 aromatic heterocycles. The molecule has 0 aliphatic carbocycles. The van der Waals surface area contributed by atoms with Crippen LogP contribution in [0.4, 0.5) is 24.7 Å². The highest BCUT2D eigenvalue weighted by Crippen LogP contribution is 2.29. The predicted octanol–water partition coefficient (Wildman–Crippen LogP) is 2.08. The first-order chi connectivity index (χ1) is 13.1. The second-order valence-electron chi connectivity index (χ2n) is 5.75. The molecule has 0 fully saturated rings. The van der Waals surface area contributed by atoms with E-state index in [-0.39, 0.29) is 5.75 Å². The van der Waals surface area contributed by atoms with Crippen molar-refractivity contribution in [2.75, 3.05) is 5.32 Å². The van der Waals surface area contributed by atoms with Crippen LogP contribution in [0.15, 0.2) is 36.7 Å². The Bertz CT molecular complexity index is 1000. The lowest BCUT2D eigenvalue weighted by Gasteiger charge is -2.13. The monoisotopic (exact) mass is 395 g/mol. The molecule has 1 aromatic carbocycles. The molecule has 0 radical (unpaired) electrons. The van der Waals surface area contributed by atoms with Crippen molar-refractivity contribution in [2.45, 2.75) is 12.6 Å². The van der Waals surface area contributed by atoms with Gasteiger partial charge < -0.3 is 30.8 Å². The number of ether oxygens (including phenoxy) is 1. The zero-order valence-corrected chi connectivity index (χ0v) is 14.4. The number of hydrogen-bond acceptors (Lipinski definition) is 6. The van der Waals surface area contributed by atoms with Crippen LogP contribution in [0.2, 0.25) is 0 Å². The second-order valence-corrected chi connectivity index (χ2v) is 5.75. The van der Waals surface area contributed by atoms with E-state index in [0.717, 1.165) is 0 Å². The fourth-order valence-corrected chi connectivity index (χ4v) is 2.61. The third-order valence-electron chi connectivity index (χ3n) is 3.78. The Morgan fingerprint density at radius 1 is 1.29 bits per heavy atom. The van der Waals surface area contributed by atoms with Crippen LogP contribution in [0.5, 0.6) is 5.75 Å². The van der Waals surface area contributed by atoms with Gasteiger partial charge in [-0.25, -0.2) is 9.97 Å².